The zero-order chi connectivity index (χ0) is 20.1. The summed E-state index contributed by atoms with van der Waals surface area (Å²) in [4.78, 5) is 22.4. The van der Waals surface area contributed by atoms with Crippen molar-refractivity contribution >= 4 is 29.3 Å². The van der Waals surface area contributed by atoms with Crippen molar-refractivity contribution in [3.63, 3.8) is 0 Å². The largest absolute Gasteiger partial charge is 0.466 e. The van der Waals surface area contributed by atoms with Gasteiger partial charge in [0.1, 0.15) is 16.8 Å². The second kappa shape index (κ2) is 9.19. The maximum absolute atomic E-state index is 13.3. The summed E-state index contributed by atoms with van der Waals surface area (Å²) in [5.74, 6) is 0.610. The van der Waals surface area contributed by atoms with E-state index in [2.05, 4.69) is 14.9 Å². The van der Waals surface area contributed by atoms with Crippen LogP contribution in [0, 0.1) is 11.7 Å². The molecule has 0 saturated carbocycles. The summed E-state index contributed by atoms with van der Waals surface area (Å²) in [5, 5.41) is 0.316. The first-order chi connectivity index (χ1) is 13.5. The van der Waals surface area contributed by atoms with Gasteiger partial charge in [-0.2, -0.15) is 4.98 Å². The predicted octanol–water partition coefficient (Wildman–Crippen LogP) is 3.80. The fourth-order valence-corrected chi connectivity index (χ4v) is 3.97. The van der Waals surface area contributed by atoms with Crippen molar-refractivity contribution in [1.29, 1.82) is 0 Å². The Morgan fingerprint density at radius 1 is 1.32 bits per heavy atom. The Labute approximate surface area is 168 Å². The van der Waals surface area contributed by atoms with Crippen LogP contribution in [0.3, 0.4) is 0 Å². The van der Waals surface area contributed by atoms with Crippen molar-refractivity contribution in [3.8, 4) is 0 Å². The number of nitrogen functional groups attached to an aromatic ring is 1. The van der Waals surface area contributed by atoms with Crippen molar-refractivity contribution in [3.05, 3.63) is 46.9 Å². The number of anilines is 2. The summed E-state index contributed by atoms with van der Waals surface area (Å²) in [5.41, 5.74) is 6.66. The highest BCUT2D eigenvalue weighted by atomic mass is 35.5. The predicted molar refractivity (Wildman–Crippen MR) is 107 cm³/mol. The van der Waals surface area contributed by atoms with Crippen LogP contribution in [-0.4, -0.2) is 35.6 Å². The van der Waals surface area contributed by atoms with Gasteiger partial charge in [-0.05, 0) is 49.3 Å². The molecule has 1 aliphatic heterocycles. The smallest absolute Gasteiger partial charge is 0.306 e. The highest BCUT2D eigenvalue weighted by Crippen LogP contribution is 2.36. The van der Waals surface area contributed by atoms with Crippen LogP contribution >= 0.6 is 11.6 Å². The van der Waals surface area contributed by atoms with Crippen LogP contribution in [0.25, 0.3) is 0 Å². The Kier molecular flexibility index (Phi) is 6.67. The maximum Gasteiger partial charge on any atom is 0.306 e. The quantitative estimate of drug-likeness (QED) is 0.580. The number of carbonyl (C=O) groups excluding carboxylic acids is 1. The van der Waals surface area contributed by atoms with E-state index in [4.69, 9.17) is 22.1 Å². The van der Waals surface area contributed by atoms with Gasteiger partial charge in [0.15, 0.2) is 0 Å². The van der Waals surface area contributed by atoms with E-state index >= 15 is 0 Å². The SMILES string of the molecule is CCOC(=O)C[C@H](c1ccc(F)cc1)C1CCN(c2cc(Cl)nc(N)n2)CC1. The van der Waals surface area contributed by atoms with Crippen LogP contribution in [-0.2, 0) is 9.53 Å². The zero-order valence-electron chi connectivity index (χ0n) is 15.8. The Morgan fingerprint density at radius 2 is 2.00 bits per heavy atom. The molecule has 0 amide bonds. The van der Waals surface area contributed by atoms with Crippen molar-refractivity contribution in [2.24, 2.45) is 5.92 Å². The molecule has 0 radical (unpaired) electrons. The molecule has 1 aliphatic rings. The Morgan fingerprint density at radius 3 is 2.61 bits per heavy atom. The summed E-state index contributed by atoms with van der Waals surface area (Å²) >= 11 is 5.99. The molecule has 1 fully saturated rings. The normalized spacial score (nSPS) is 16.0. The van der Waals surface area contributed by atoms with Gasteiger partial charge in [0.2, 0.25) is 5.95 Å². The van der Waals surface area contributed by atoms with Gasteiger partial charge in [-0.15, -0.1) is 0 Å². The van der Waals surface area contributed by atoms with Crippen molar-refractivity contribution < 1.29 is 13.9 Å². The van der Waals surface area contributed by atoms with E-state index in [0.717, 1.165) is 31.5 Å². The van der Waals surface area contributed by atoms with Gasteiger partial charge in [0.05, 0.1) is 13.0 Å². The van der Waals surface area contributed by atoms with Crippen LogP contribution in [0.15, 0.2) is 30.3 Å². The minimum Gasteiger partial charge on any atom is -0.466 e. The molecule has 8 heteroatoms. The first kappa shape index (κ1) is 20.3. The molecule has 1 saturated heterocycles. The lowest BCUT2D eigenvalue weighted by Crippen LogP contribution is -2.36. The molecule has 1 aromatic heterocycles. The van der Waals surface area contributed by atoms with Crippen molar-refractivity contribution in [2.45, 2.75) is 32.1 Å². The minimum atomic E-state index is -0.285. The van der Waals surface area contributed by atoms with E-state index in [1.54, 1.807) is 25.1 Å². The molecule has 0 unspecified atom stereocenters. The Balaban J connectivity index is 1.73. The Hall–Kier alpha value is -2.41. The van der Waals surface area contributed by atoms with Gasteiger partial charge in [-0.25, -0.2) is 9.37 Å². The third-order valence-electron chi connectivity index (χ3n) is 5.12. The summed E-state index contributed by atoms with van der Waals surface area (Å²) < 4.78 is 18.5. The van der Waals surface area contributed by atoms with Crippen molar-refractivity contribution in [2.75, 3.05) is 30.3 Å². The second-order valence-corrected chi connectivity index (χ2v) is 7.29. The minimum absolute atomic E-state index is 0.0131. The number of nitrogens with two attached hydrogens (primary N) is 1. The third-order valence-corrected chi connectivity index (χ3v) is 5.31. The maximum atomic E-state index is 13.3. The number of ether oxygens (including phenoxy) is 1. The number of esters is 1. The molecule has 2 N–H and O–H groups in total. The average molecular weight is 407 g/mol. The standard InChI is InChI=1S/C20H24ClFN4O2/c1-2-28-19(27)11-16(13-3-5-15(22)6-4-13)14-7-9-26(10-8-14)18-12-17(21)24-20(23)25-18/h3-6,12,14,16H,2,7-11H2,1H3,(H2,23,24,25)/t16-/m1/s1. The van der Waals surface area contributed by atoms with Crippen LogP contribution in [0.4, 0.5) is 16.2 Å². The molecule has 2 aromatic rings. The van der Waals surface area contributed by atoms with E-state index in [1.165, 1.54) is 12.1 Å². The summed E-state index contributed by atoms with van der Waals surface area (Å²) in [6, 6.07) is 8.10. The van der Waals surface area contributed by atoms with Crippen LogP contribution in [0.2, 0.25) is 5.15 Å². The van der Waals surface area contributed by atoms with Crippen LogP contribution in [0.1, 0.15) is 37.7 Å². The van der Waals surface area contributed by atoms with E-state index in [-0.39, 0.29) is 36.0 Å². The van der Waals surface area contributed by atoms with Gasteiger partial charge in [-0.3, -0.25) is 4.79 Å². The number of halogens is 2. The van der Waals surface area contributed by atoms with Gasteiger partial charge in [0, 0.05) is 19.2 Å². The molecular weight excluding hydrogens is 383 g/mol. The molecule has 2 heterocycles. The van der Waals surface area contributed by atoms with Gasteiger partial charge < -0.3 is 15.4 Å². The van der Waals surface area contributed by atoms with E-state index in [1.807, 2.05) is 0 Å². The fourth-order valence-electron chi connectivity index (χ4n) is 3.78. The van der Waals surface area contributed by atoms with Crippen LogP contribution < -0.4 is 10.6 Å². The lowest BCUT2D eigenvalue weighted by atomic mass is 9.78. The zero-order valence-corrected chi connectivity index (χ0v) is 16.5. The number of nitrogens with zero attached hydrogens (tertiary/aromatic N) is 3. The molecule has 1 atom stereocenters. The van der Waals surface area contributed by atoms with E-state index in [9.17, 15) is 9.18 Å². The van der Waals surface area contributed by atoms with E-state index < -0.39 is 0 Å². The van der Waals surface area contributed by atoms with E-state index in [0.29, 0.717) is 17.6 Å². The average Bonchev–Trinajstić information content (AvgIpc) is 2.67. The fraction of sp³-hybridized carbons (Fsp3) is 0.450. The highest BCUT2D eigenvalue weighted by Gasteiger charge is 2.30. The molecule has 3 rings (SSSR count). The third kappa shape index (κ3) is 5.10. The van der Waals surface area contributed by atoms with Crippen molar-refractivity contribution in [1.82, 2.24) is 9.97 Å². The van der Waals surface area contributed by atoms with Gasteiger partial charge >= 0.3 is 5.97 Å². The molecule has 0 spiro atoms. The summed E-state index contributed by atoms with van der Waals surface area (Å²) in [6.07, 6.45) is 2.02. The Bertz CT molecular complexity index is 790. The molecule has 150 valence electrons. The second-order valence-electron chi connectivity index (χ2n) is 6.90. The number of hydrogen-bond donors (Lipinski definition) is 1. The number of rotatable bonds is 6. The van der Waals surface area contributed by atoms with Gasteiger partial charge in [0.25, 0.3) is 0 Å². The lowest BCUT2D eigenvalue weighted by Gasteiger charge is -2.36. The topological polar surface area (TPSA) is 81.3 Å². The number of hydrogen-bond acceptors (Lipinski definition) is 6. The van der Waals surface area contributed by atoms with Gasteiger partial charge in [-0.1, -0.05) is 23.7 Å². The lowest BCUT2D eigenvalue weighted by molar-refractivity contribution is -0.143. The number of benzene rings is 1. The number of carbonyl (C=O) groups is 1. The highest BCUT2D eigenvalue weighted by molar-refractivity contribution is 6.29. The first-order valence-corrected chi connectivity index (χ1v) is 9.80. The first-order valence-electron chi connectivity index (χ1n) is 9.42. The summed E-state index contributed by atoms with van der Waals surface area (Å²) in [6.45, 7) is 3.67. The van der Waals surface area contributed by atoms with Crippen LogP contribution in [0.5, 0.6) is 0 Å². The molecule has 0 aliphatic carbocycles. The molecule has 0 bridgehead atoms. The molecule has 6 nitrogen and oxygen atoms in total. The number of aromatic nitrogens is 2. The summed E-state index contributed by atoms with van der Waals surface area (Å²) in [7, 11) is 0. The molecular formula is C20H24ClFN4O2. The molecule has 28 heavy (non-hydrogen) atoms. The monoisotopic (exact) mass is 406 g/mol. The molecule has 1 aromatic carbocycles. The number of piperidine rings is 1.